The van der Waals surface area contributed by atoms with E-state index < -0.39 is 0 Å². The van der Waals surface area contributed by atoms with Crippen LogP contribution in [0.1, 0.15) is 36.3 Å². The van der Waals surface area contributed by atoms with Gasteiger partial charge in [-0.05, 0) is 38.7 Å². The van der Waals surface area contributed by atoms with Crippen LogP contribution in [0.25, 0.3) is 0 Å². The highest BCUT2D eigenvalue weighted by Crippen LogP contribution is 2.21. The van der Waals surface area contributed by atoms with Crippen molar-refractivity contribution in [2.45, 2.75) is 46.1 Å². The molecule has 0 radical (unpaired) electrons. The maximum absolute atomic E-state index is 12.4. The summed E-state index contributed by atoms with van der Waals surface area (Å²) in [5.41, 5.74) is 2.21. The van der Waals surface area contributed by atoms with E-state index in [0.29, 0.717) is 49.9 Å². The summed E-state index contributed by atoms with van der Waals surface area (Å²) in [4.78, 5) is 26.3. The lowest BCUT2D eigenvalue weighted by atomic mass is 9.93. The first-order chi connectivity index (χ1) is 13.0. The maximum Gasteiger partial charge on any atom is 0.228 e. The molecule has 146 valence electrons. The molecule has 1 aliphatic rings. The molecule has 27 heavy (non-hydrogen) atoms. The normalized spacial score (nSPS) is 15.1. The molecule has 2 aromatic rings. The van der Waals surface area contributed by atoms with Gasteiger partial charge in [0.25, 0.3) is 0 Å². The van der Waals surface area contributed by atoms with E-state index in [4.69, 9.17) is 0 Å². The Morgan fingerprint density at radius 1 is 1.26 bits per heavy atom. The third-order valence-electron chi connectivity index (χ3n) is 4.94. The van der Waals surface area contributed by atoms with Crippen molar-refractivity contribution in [2.24, 2.45) is 5.92 Å². The topological polar surface area (TPSA) is 106 Å². The summed E-state index contributed by atoms with van der Waals surface area (Å²) in [5.74, 6) is 0.413. The lowest BCUT2D eigenvalue weighted by Gasteiger charge is -2.31. The average molecular weight is 374 g/mol. The van der Waals surface area contributed by atoms with Crippen molar-refractivity contribution in [1.29, 1.82) is 0 Å². The Morgan fingerprint density at radius 2 is 2.04 bits per heavy atom. The molecule has 1 saturated heterocycles. The monoisotopic (exact) mass is 374 g/mol. The number of aromatic nitrogens is 4. The zero-order valence-electron chi connectivity index (χ0n) is 15.8. The Bertz CT molecular complexity index is 776. The third-order valence-corrected chi connectivity index (χ3v) is 4.94. The Kier molecular flexibility index (Phi) is 6.20. The van der Waals surface area contributed by atoms with Gasteiger partial charge in [0.2, 0.25) is 11.8 Å². The summed E-state index contributed by atoms with van der Waals surface area (Å²) in [6.45, 7) is 6.31. The first kappa shape index (κ1) is 19.1. The number of carbonyl (C=O) groups is 2. The van der Waals surface area contributed by atoms with Gasteiger partial charge in [-0.3, -0.25) is 14.3 Å². The van der Waals surface area contributed by atoms with E-state index in [9.17, 15) is 9.59 Å². The van der Waals surface area contributed by atoms with Gasteiger partial charge in [-0.1, -0.05) is 10.3 Å². The van der Waals surface area contributed by atoms with Crippen LogP contribution in [-0.4, -0.2) is 56.4 Å². The number of nitrogens with one attached hydrogen (secondary N) is 1. The zero-order chi connectivity index (χ0) is 19.2. The number of likely N-dealkylation sites (tertiary alicyclic amines) is 1. The van der Waals surface area contributed by atoms with Gasteiger partial charge in [-0.25, -0.2) is 4.63 Å². The molecule has 1 N–H and O–H groups in total. The molecule has 0 spiro atoms. The number of piperidine rings is 1. The average Bonchev–Trinajstić information content (AvgIpc) is 3.24. The highest BCUT2D eigenvalue weighted by atomic mass is 16.6. The number of aryl methyl sites for hydroxylation is 2. The predicted octanol–water partition coefficient (Wildman–Crippen LogP) is 0.871. The van der Waals surface area contributed by atoms with Crippen molar-refractivity contribution < 1.29 is 14.2 Å². The summed E-state index contributed by atoms with van der Waals surface area (Å²) in [6.07, 6.45) is 4.31. The van der Waals surface area contributed by atoms with Crippen molar-refractivity contribution in [3.05, 3.63) is 29.3 Å². The van der Waals surface area contributed by atoms with E-state index in [1.54, 1.807) is 6.92 Å². The lowest BCUT2D eigenvalue weighted by Crippen LogP contribution is -2.40. The summed E-state index contributed by atoms with van der Waals surface area (Å²) in [7, 11) is 0. The second-order valence-corrected chi connectivity index (χ2v) is 7.07. The quantitative estimate of drug-likeness (QED) is 0.771. The summed E-state index contributed by atoms with van der Waals surface area (Å²) in [5, 5.41) is 14.7. The standard InChI is InChI=1S/C18H26N6O3/c1-13-3-9-24(20-13)10-6-19-17(25)11-15-4-7-23(8-5-15)18(26)12-16-14(2)21-27-22-16/h3,9,15H,4-8,10-12H2,1-2H3,(H,19,25). The van der Waals surface area contributed by atoms with Crippen LogP contribution in [-0.2, 0) is 22.6 Å². The van der Waals surface area contributed by atoms with Crippen molar-refractivity contribution >= 4 is 11.8 Å². The molecule has 2 aromatic heterocycles. The first-order valence-electron chi connectivity index (χ1n) is 9.34. The number of hydrogen-bond acceptors (Lipinski definition) is 6. The van der Waals surface area contributed by atoms with E-state index >= 15 is 0 Å². The van der Waals surface area contributed by atoms with Crippen molar-refractivity contribution in [1.82, 2.24) is 30.3 Å². The van der Waals surface area contributed by atoms with Gasteiger partial charge in [0.1, 0.15) is 11.4 Å². The van der Waals surface area contributed by atoms with Crippen LogP contribution in [0.15, 0.2) is 16.9 Å². The highest BCUT2D eigenvalue weighted by Gasteiger charge is 2.25. The number of hydrogen-bond donors (Lipinski definition) is 1. The Balaban J connectivity index is 1.34. The molecule has 0 atom stereocenters. The van der Waals surface area contributed by atoms with Gasteiger partial charge in [-0.15, -0.1) is 0 Å². The fraction of sp³-hybridized carbons (Fsp3) is 0.611. The molecule has 0 aliphatic carbocycles. The van der Waals surface area contributed by atoms with Crippen molar-refractivity contribution in [3.63, 3.8) is 0 Å². The molecule has 3 heterocycles. The number of carbonyl (C=O) groups excluding carboxylic acids is 2. The minimum Gasteiger partial charge on any atom is -0.354 e. The molecule has 0 saturated carbocycles. The van der Waals surface area contributed by atoms with Crippen molar-refractivity contribution in [3.8, 4) is 0 Å². The SMILES string of the molecule is Cc1ccn(CCNC(=O)CC2CCN(C(=O)Cc3nonc3C)CC2)n1. The zero-order valence-corrected chi connectivity index (χ0v) is 15.8. The fourth-order valence-electron chi connectivity index (χ4n) is 3.28. The second-order valence-electron chi connectivity index (χ2n) is 7.07. The Morgan fingerprint density at radius 3 is 2.67 bits per heavy atom. The minimum atomic E-state index is 0.0335. The van der Waals surface area contributed by atoms with E-state index in [1.165, 1.54) is 0 Å². The highest BCUT2D eigenvalue weighted by molar-refractivity contribution is 5.79. The summed E-state index contributed by atoms with van der Waals surface area (Å²) >= 11 is 0. The second kappa shape index (κ2) is 8.79. The molecule has 0 aromatic carbocycles. The molecule has 9 nitrogen and oxygen atoms in total. The third kappa shape index (κ3) is 5.38. The molecule has 1 aliphatic heterocycles. The molecular formula is C18H26N6O3. The van der Waals surface area contributed by atoms with Crippen molar-refractivity contribution in [2.75, 3.05) is 19.6 Å². The maximum atomic E-state index is 12.4. The smallest absolute Gasteiger partial charge is 0.228 e. The van der Waals surface area contributed by atoms with Gasteiger partial charge >= 0.3 is 0 Å². The van der Waals surface area contributed by atoms with Gasteiger partial charge in [0, 0.05) is 32.3 Å². The molecule has 3 rings (SSSR count). The van der Waals surface area contributed by atoms with Crippen LogP contribution in [0.4, 0.5) is 0 Å². The molecule has 0 unspecified atom stereocenters. The number of amides is 2. The van der Waals surface area contributed by atoms with Crippen LogP contribution in [0.5, 0.6) is 0 Å². The molecule has 1 fully saturated rings. The Hall–Kier alpha value is -2.71. The van der Waals surface area contributed by atoms with E-state index in [2.05, 4.69) is 25.4 Å². The summed E-state index contributed by atoms with van der Waals surface area (Å²) < 4.78 is 6.46. The van der Waals surface area contributed by atoms with Crippen LogP contribution < -0.4 is 5.32 Å². The van der Waals surface area contributed by atoms with Crippen LogP contribution >= 0.6 is 0 Å². The Labute approximate surface area is 158 Å². The van der Waals surface area contributed by atoms with Crippen LogP contribution in [0.2, 0.25) is 0 Å². The molecule has 9 heteroatoms. The van der Waals surface area contributed by atoms with Crippen LogP contribution in [0, 0.1) is 19.8 Å². The van der Waals surface area contributed by atoms with Gasteiger partial charge in [-0.2, -0.15) is 5.10 Å². The number of nitrogens with zero attached hydrogens (tertiary/aromatic N) is 5. The van der Waals surface area contributed by atoms with Crippen LogP contribution in [0.3, 0.4) is 0 Å². The fourth-order valence-corrected chi connectivity index (χ4v) is 3.28. The van der Waals surface area contributed by atoms with Gasteiger partial charge in [0.15, 0.2) is 0 Å². The number of rotatable bonds is 7. The van der Waals surface area contributed by atoms with E-state index in [1.807, 2.05) is 28.8 Å². The largest absolute Gasteiger partial charge is 0.354 e. The lowest BCUT2D eigenvalue weighted by molar-refractivity contribution is -0.132. The predicted molar refractivity (Wildman–Crippen MR) is 96.6 cm³/mol. The summed E-state index contributed by atoms with van der Waals surface area (Å²) in [6, 6.07) is 1.94. The molecule has 0 bridgehead atoms. The van der Waals surface area contributed by atoms with E-state index in [-0.39, 0.29) is 18.2 Å². The molecule has 2 amide bonds. The van der Waals surface area contributed by atoms with Gasteiger partial charge < -0.3 is 10.2 Å². The first-order valence-corrected chi connectivity index (χ1v) is 9.34. The minimum absolute atomic E-state index is 0.0335. The molecular weight excluding hydrogens is 348 g/mol. The van der Waals surface area contributed by atoms with Gasteiger partial charge in [0.05, 0.1) is 18.7 Å². The van der Waals surface area contributed by atoms with E-state index in [0.717, 1.165) is 18.5 Å².